The van der Waals surface area contributed by atoms with Crippen LogP contribution in [0.3, 0.4) is 0 Å². The van der Waals surface area contributed by atoms with E-state index >= 15 is 0 Å². The molecule has 0 spiro atoms. The van der Waals surface area contributed by atoms with Gasteiger partial charge >= 0.3 is 0 Å². The predicted octanol–water partition coefficient (Wildman–Crippen LogP) is 3.36. The zero-order valence-electron chi connectivity index (χ0n) is 12.9. The van der Waals surface area contributed by atoms with Crippen LogP contribution in [0.1, 0.15) is 17.5 Å². The Morgan fingerprint density at radius 2 is 2.04 bits per heavy atom. The molecule has 124 valence electrons. The van der Waals surface area contributed by atoms with Gasteiger partial charge in [0.05, 0.1) is 27.7 Å². The first kappa shape index (κ1) is 16.6. The fourth-order valence-corrected chi connectivity index (χ4v) is 4.54. The van der Waals surface area contributed by atoms with Crippen LogP contribution in [0.2, 0.25) is 5.02 Å². The lowest BCUT2D eigenvalue weighted by Gasteiger charge is -2.18. The van der Waals surface area contributed by atoms with E-state index in [2.05, 4.69) is 11.4 Å². The van der Waals surface area contributed by atoms with Gasteiger partial charge in [0.2, 0.25) is 10.0 Å². The van der Waals surface area contributed by atoms with Crippen LogP contribution in [0.5, 0.6) is 0 Å². The van der Waals surface area contributed by atoms with E-state index in [1.807, 2.05) is 18.2 Å². The maximum atomic E-state index is 12.0. The van der Waals surface area contributed by atoms with Crippen molar-refractivity contribution < 1.29 is 8.42 Å². The molecule has 0 aliphatic carbocycles. The first-order valence-corrected chi connectivity index (χ1v) is 9.52. The van der Waals surface area contributed by atoms with Gasteiger partial charge in [-0.1, -0.05) is 29.8 Å². The number of hydrogen-bond acceptors (Lipinski definition) is 4. The molecule has 1 aliphatic rings. The number of benzene rings is 2. The second-order valence-corrected chi connectivity index (χ2v) is 7.96. The number of nitrogens with one attached hydrogen (secondary N) is 1. The molecule has 0 radical (unpaired) electrons. The SMILES string of the molecule is N#Cc1cccc(Cl)c1NCc1cccc(N2CCCS2(=O)=O)c1. The smallest absolute Gasteiger partial charge is 0.235 e. The minimum Gasteiger partial charge on any atom is -0.379 e. The zero-order chi connectivity index (χ0) is 17.2. The molecule has 1 saturated heterocycles. The normalized spacial score (nSPS) is 15.9. The summed E-state index contributed by atoms with van der Waals surface area (Å²) in [6.07, 6.45) is 0.649. The maximum absolute atomic E-state index is 12.0. The van der Waals surface area contributed by atoms with E-state index in [0.29, 0.717) is 41.5 Å². The van der Waals surface area contributed by atoms with Crippen LogP contribution in [0, 0.1) is 11.3 Å². The second kappa shape index (κ2) is 6.71. The molecule has 2 aromatic rings. The number of halogens is 1. The molecule has 0 aromatic heterocycles. The van der Waals surface area contributed by atoms with Crippen molar-refractivity contribution in [3.8, 4) is 6.07 Å². The molecule has 1 N–H and O–H groups in total. The summed E-state index contributed by atoms with van der Waals surface area (Å²) in [7, 11) is -3.19. The Labute approximate surface area is 146 Å². The van der Waals surface area contributed by atoms with Crippen molar-refractivity contribution in [3.05, 3.63) is 58.6 Å². The van der Waals surface area contributed by atoms with E-state index in [1.165, 1.54) is 4.31 Å². The van der Waals surface area contributed by atoms with E-state index in [4.69, 9.17) is 16.9 Å². The third-order valence-corrected chi connectivity index (χ3v) is 6.09. The molecule has 24 heavy (non-hydrogen) atoms. The van der Waals surface area contributed by atoms with Crippen LogP contribution >= 0.6 is 11.6 Å². The molecule has 0 bridgehead atoms. The molecule has 5 nitrogen and oxygen atoms in total. The minimum atomic E-state index is -3.19. The summed E-state index contributed by atoms with van der Waals surface area (Å²) in [6, 6.07) is 14.6. The average Bonchev–Trinajstić information content (AvgIpc) is 2.93. The summed E-state index contributed by atoms with van der Waals surface area (Å²) in [4.78, 5) is 0. The highest BCUT2D eigenvalue weighted by molar-refractivity contribution is 7.93. The highest BCUT2D eigenvalue weighted by atomic mass is 35.5. The molecule has 2 aromatic carbocycles. The van der Waals surface area contributed by atoms with Gasteiger partial charge in [0.1, 0.15) is 6.07 Å². The largest absolute Gasteiger partial charge is 0.379 e. The summed E-state index contributed by atoms with van der Waals surface area (Å²) in [5, 5.41) is 12.8. The molecule has 7 heteroatoms. The molecular weight excluding hydrogens is 346 g/mol. The highest BCUT2D eigenvalue weighted by Crippen LogP contribution is 2.28. The van der Waals surface area contributed by atoms with Crippen molar-refractivity contribution in [3.63, 3.8) is 0 Å². The van der Waals surface area contributed by atoms with E-state index < -0.39 is 10.0 Å². The summed E-state index contributed by atoms with van der Waals surface area (Å²) < 4.78 is 25.5. The molecule has 1 aliphatic heterocycles. The van der Waals surface area contributed by atoms with E-state index in [0.717, 1.165) is 5.56 Å². The second-order valence-electron chi connectivity index (χ2n) is 5.54. The third-order valence-electron chi connectivity index (χ3n) is 3.90. The van der Waals surface area contributed by atoms with E-state index in [1.54, 1.807) is 24.3 Å². The average molecular weight is 362 g/mol. The molecular formula is C17H16ClN3O2S. The van der Waals surface area contributed by atoms with Gasteiger partial charge in [0.25, 0.3) is 0 Å². The molecule has 1 heterocycles. The van der Waals surface area contributed by atoms with E-state index in [9.17, 15) is 8.42 Å². The Kier molecular flexibility index (Phi) is 4.65. The van der Waals surface area contributed by atoms with Crippen LogP contribution in [-0.4, -0.2) is 20.7 Å². The monoisotopic (exact) mass is 361 g/mol. The van der Waals surface area contributed by atoms with Gasteiger partial charge in [-0.3, -0.25) is 4.31 Å². The summed E-state index contributed by atoms with van der Waals surface area (Å²) in [5.41, 5.74) is 2.64. The third kappa shape index (κ3) is 3.32. The number of rotatable bonds is 4. The van der Waals surface area contributed by atoms with Crippen LogP contribution in [0.4, 0.5) is 11.4 Å². The Balaban J connectivity index is 1.81. The Morgan fingerprint density at radius 3 is 2.75 bits per heavy atom. The van der Waals surface area contributed by atoms with Gasteiger partial charge in [-0.25, -0.2) is 8.42 Å². The first-order valence-electron chi connectivity index (χ1n) is 7.53. The molecule has 0 saturated carbocycles. The van der Waals surface area contributed by atoms with Crippen LogP contribution in [0.25, 0.3) is 0 Å². The number of hydrogen-bond donors (Lipinski definition) is 1. The number of nitrogens with zero attached hydrogens (tertiary/aromatic N) is 2. The fraction of sp³-hybridized carbons (Fsp3) is 0.235. The Hall–Kier alpha value is -2.23. The van der Waals surface area contributed by atoms with Gasteiger partial charge < -0.3 is 5.32 Å². The lowest BCUT2D eigenvalue weighted by atomic mass is 10.1. The molecule has 3 rings (SSSR count). The van der Waals surface area contributed by atoms with Crippen molar-refractivity contribution in [1.29, 1.82) is 5.26 Å². The predicted molar refractivity (Wildman–Crippen MR) is 95.7 cm³/mol. The fourth-order valence-electron chi connectivity index (χ4n) is 2.74. The van der Waals surface area contributed by atoms with Gasteiger partial charge in [-0.2, -0.15) is 5.26 Å². The maximum Gasteiger partial charge on any atom is 0.235 e. The van der Waals surface area contributed by atoms with Crippen molar-refractivity contribution in [1.82, 2.24) is 0 Å². The molecule has 1 fully saturated rings. The Morgan fingerprint density at radius 1 is 1.25 bits per heavy atom. The van der Waals surface area contributed by atoms with E-state index in [-0.39, 0.29) is 5.75 Å². The summed E-state index contributed by atoms with van der Waals surface area (Å²) >= 11 is 6.15. The lowest BCUT2D eigenvalue weighted by molar-refractivity contribution is 0.599. The van der Waals surface area contributed by atoms with Crippen molar-refractivity contribution in [2.75, 3.05) is 21.9 Å². The topological polar surface area (TPSA) is 73.2 Å². The van der Waals surface area contributed by atoms with Crippen molar-refractivity contribution in [2.45, 2.75) is 13.0 Å². The van der Waals surface area contributed by atoms with Gasteiger partial charge in [-0.05, 0) is 36.2 Å². The van der Waals surface area contributed by atoms with Gasteiger partial charge in [-0.15, -0.1) is 0 Å². The van der Waals surface area contributed by atoms with Crippen LogP contribution in [0.15, 0.2) is 42.5 Å². The summed E-state index contributed by atoms with van der Waals surface area (Å²) in [6.45, 7) is 0.961. The Bertz CT molecular complexity index is 906. The van der Waals surface area contributed by atoms with Crippen LogP contribution < -0.4 is 9.62 Å². The van der Waals surface area contributed by atoms with Gasteiger partial charge in [0.15, 0.2) is 0 Å². The number of sulfonamides is 1. The number of anilines is 2. The minimum absolute atomic E-state index is 0.195. The number of para-hydroxylation sites is 1. The standard InChI is InChI=1S/C17H16ClN3O2S/c18-16-7-2-5-14(11-19)17(16)20-12-13-4-1-6-15(10-13)21-8-3-9-24(21,22)23/h1-2,4-7,10,20H,3,8-9,12H2. The molecule has 0 amide bonds. The van der Waals surface area contributed by atoms with Gasteiger partial charge in [0, 0.05) is 13.1 Å². The number of nitriles is 1. The van der Waals surface area contributed by atoms with Crippen molar-refractivity contribution in [2.24, 2.45) is 0 Å². The highest BCUT2D eigenvalue weighted by Gasteiger charge is 2.28. The first-order chi connectivity index (χ1) is 11.5. The zero-order valence-corrected chi connectivity index (χ0v) is 14.4. The van der Waals surface area contributed by atoms with Crippen molar-refractivity contribution >= 4 is 33.0 Å². The summed E-state index contributed by atoms with van der Waals surface area (Å²) in [5.74, 6) is 0.195. The molecule has 0 unspecified atom stereocenters. The quantitative estimate of drug-likeness (QED) is 0.906. The molecule has 0 atom stereocenters. The lowest BCUT2D eigenvalue weighted by Crippen LogP contribution is -2.25. The van der Waals surface area contributed by atoms with Crippen LogP contribution in [-0.2, 0) is 16.6 Å².